The third kappa shape index (κ3) is 4.41. The first-order valence-corrected chi connectivity index (χ1v) is 12.1. The molecular formula is C23H20Cl2N2O4S. The number of methoxy groups -OCH3 is 1. The third-order valence-corrected chi connectivity index (χ3v) is 7.81. The molecule has 0 aliphatic carbocycles. The fourth-order valence-corrected chi connectivity index (χ4v) is 5.41. The molecule has 1 amide bonds. The highest BCUT2D eigenvalue weighted by Gasteiger charge is 2.29. The molecular weight excluding hydrogens is 471 g/mol. The number of carbonyl (C=O) groups is 1. The molecule has 6 nitrogen and oxygen atoms in total. The zero-order chi connectivity index (χ0) is 22.9. The van der Waals surface area contributed by atoms with Crippen LogP contribution in [0.2, 0.25) is 10.0 Å². The van der Waals surface area contributed by atoms with E-state index in [0.717, 1.165) is 12.0 Å². The molecule has 0 atom stereocenters. The van der Waals surface area contributed by atoms with Gasteiger partial charge in [-0.1, -0.05) is 29.3 Å². The van der Waals surface area contributed by atoms with Gasteiger partial charge in [-0.2, -0.15) is 0 Å². The Hall–Kier alpha value is -2.74. The molecule has 1 N–H and O–H groups in total. The number of aryl methyl sites for hydroxylation is 1. The first-order valence-electron chi connectivity index (χ1n) is 9.86. The van der Waals surface area contributed by atoms with E-state index in [1.807, 2.05) is 6.07 Å². The minimum Gasteiger partial charge on any atom is -0.497 e. The van der Waals surface area contributed by atoms with E-state index in [9.17, 15) is 13.2 Å². The molecule has 0 spiro atoms. The summed E-state index contributed by atoms with van der Waals surface area (Å²) in [6.07, 6.45) is 1.46. The number of hydrogen-bond acceptors (Lipinski definition) is 4. The van der Waals surface area contributed by atoms with E-state index in [0.29, 0.717) is 40.7 Å². The van der Waals surface area contributed by atoms with Gasteiger partial charge in [0.25, 0.3) is 15.9 Å². The van der Waals surface area contributed by atoms with Crippen LogP contribution in [0.1, 0.15) is 22.3 Å². The molecule has 0 bridgehead atoms. The summed E-state index contributed by atoms with van der Waals surface area (Å²) in [5.74, 6) is 0.208. The van der Waals surface area contributed by atoms with Crippen molar-refractivity contribution in [3.63, 3.8) is 0 Å². The minimum atomic E-state index is -3.78. The molecule has 1 heterocycles. The predicted octanol–water partition coefficient (Wildman–Crippen LogP) is 5.40. The summed E-state index contributed by atoms with van der Waals surface area (Å²) < 4.78 is 33.2. The molecule has 0 saturated heterocycles. The Morgan fingerprint density at radius 3 is 2.44 bits per heavy atom. The fraction of sp³-hybridized carbons (Fsp3) is 0.174. The van der Waals surface area contributed by atoms with E-state index >= 15 is 0 Å². The molecule has 0 fully saturated rings. The third-order valence-electron chi connectivity index (χ3n) is 5.25. The summed E-state index contributed by atoms with van der Waals surface area (Å²) in [7, 11) is -2.25. The molecule has 3 aromatic rings. The largest absolute Gasteiger partial charge is 0.497 e. The van der Waals surface area contributed by atoms with Gasteiger partial charge >= 0.3 is 0 Å². The van der Waals surface area contributed by atoms with Crippen molar-refractivity contribution in [1.82, 2.24) is 0 Å². The maximum atomic E-state index is 13.3. The van der Waals surface area contributed by atoms with E-state index in [1.54, 1.807) is 36.4 Å². The Balaban J connectivity index is 1.64. The van der Waals surface area contributed by atoms with Crippen LogP contribution >= 0.6 is 23.2 Å². The summed E-state index contributed by atoms with van der Waals surface area (Å²) >= 11 is 11.9. The molecule has 4 rings (SSSR count). The zero-order valence-electron chi connectivity index (χ0n) is 17.1. The lowest BCUT2D eigenvalue weighted by atomic mass is 10.0. The van der Waals surface area contributed by atoms with Gasteiger partial charge in [0.1, 0.15) is 5.75 Å². The number of ether oxygens (including phenoxy) is 1. The second-order valence-electron chi connectivity index (χ2n) is 7.28. The summed E-state index contributed by atoms with van der Waals surface area (Å²) in [6.45, 7) is 0.353. The van der Waals surface area contributed by atoms with Gasteiger partial charge in [-0.15, -0.1) is 0 Å². The molecule has 0 unspecified atom stereocenters. The van der Waals surface area contributed by atoms with Crippen LogP contribution in [0.3, 0.4) is 0 Å². The Morgan fingerprint density at radius 1 is 1.00 bits per heavy atom. The maximum absolute atomic E-state index is 13.3. The van der Waals surface area contributed by atoms with Gasteiger partial charge in [-0.05, 0) is 73.0 Å². The van der Waals surface area contributed by atoms with Gasteiger partial charge in [-0.3, -0.25) is 9.10 Å². The van der Waals surface area contributed by atoms with E-state index in [2.05, 4.69) is 5.32 Å². The second-order valence-corrected chi connectivity index (χ2v) is 9.96. The van der Waals surface area contributed by atoms with Crippen molar-refractivity contribution in [2.45, 2.75) is 17.7 Å². The number of fused-ring (bicyclic) bond motifs is 1. The average molecular weight is 491 g/mol. The van der Waals surface area contributed by atoms with Crippen molar-refractivity contribution >= 4 is 50.5 Å². The number of rotatable bonds is 5. The number of anilines is 2. The number of nitrogens with one attached hydrogen (secondary N) is 1. The lowest BCUT2D eigenvalue weighted by Gasteiger charge is -2.31. The first-order chi connectivity index (χ1) is 15.3. The number of sulfonamides is 1. The second kappa shape index (κ2) is 9.02. The Kier molecular flexibility index (Phi) is 6.33. The van der Waals surface area contributed by atoms with Crippen LogP contribution in [0.4, 0.5) is 11.4 Å². The monoisotopic (exact) mass is 490 g/mol. The molecule has 32 heavy (non-hydrogen) atoms. The average Bonchev–Trinajstić information content (AvgIpc) is 2.80. The highest BCUT2D eigenvalue weighted by Crippen LogP contribution is 2.34. The van der Waals surface area contributed by atoms with Crippen molar-refractivity contribution in [2.75, 3.05) is 23.3 Å². The van der Waals surface area contributed by atoms with Gasteiger partial charge in [0.15, 0.2) is 0 Å². The molecule has 9 heteroatoms. The summed E-state index contributed by atoms with van der Waals surface area (Å²) in [5, 5.41) is 3.44. The smallest absolute Gasteiger partial charge is 0.264 e. The fourth-order valence-electron chi connectivity index (χ4n) is 3.58. The van der Waals surface area contributed by atoms with Crippen LogP contribution in [-0.4, -0.2) is 28.0 Å². The van der Waals surface area contributed by atoms with E-state index in [4.69, 9.17) is 27.9 Å². The van der Waals surface area contributed by atoms with E-state index in [-0.39, 0.29) is 15.8 Å². The zero-order valence-corrected chi connectivity index (χ0v) is 19.5. The number of amides is 1. The lowest BCUT2D eigenvalue weighted by Crippen LogP contribution is -2.35. The number of hydrogen-bond donors (Lipinski definition) is 1. The molecule has 166 valence electrons. The SMILES string of the molecule is COc1ccc(S(=O)(=O)N2CCCc3ccc(NC(=O)c4ccc(Cl)c(Cl)c4)cc32)cc1. The van der Waals surface area contributed by atoms with Gasteiger partial charge in [0.05, 0.1) is 27.7 Å². The van der Waals surface area contributed by atoms with Crippen molar-refractivity contribution < 1.29 is 17.9 Å². The van der Waals surface area contributed by atoms with Crippen molar-refractivity contribution in [1.29, 1.82) is 0 Å². The van der Waals surface area contributed by atoms with Gasteiger partial charge in [0, 0.05) is 17.8 Å². The van der Waals surface area contributed by atoms with Crippen LogP contribution in [0.25, 0.3) is 0 Å². The number of nitrogens with zero attached hydrogens (tertiary/aromatic N) is 1. The lowest BCUT2D eigenvalue weighted by molar-refractivity contribution is 0.102. The van der Waals surface area contributed by atoms with Crippen LogP contribution in [0.5, 0.6) is 5.75 Å². The molecule has 1 aliphatic rings. The summed E-state index contributed by atoms with van der Waals surface area (Å²) in [5.41, 5.74) is 2.29. The summed E-state index contributed by atoms with van der Waals surface area (Å²) in [4.78, 5) is 12.8. The molecule has 0 saturated carbocycles. The van der Waals surface area contributed by atoms with E-state index < -0.39 is 10.0 Å². The summed E-state index contributed by atoms with van der Waals surface area (Å²) in [6, 6.07) is 16.2. The van der Waals surface area contributed by atoms with Gasteiger partial charge in [-0.25, -0.2) is 8.42 Å². The van der Waals surface area contributed by atoms with Crippen molar-refractivity contribution in [3.05, 3.63) is 81.8 Å². The minimum absolute atomic E-state index is 0.177. The van der Waals surface area contributed by atoms with Crippen molar-refractivity contribution in [2.24, 2.45) is 0 Å². The Morgan fingerprint density at radius 2 is 1.75 bits per heavy atom. The normalized spacial score (nSPS) is 13.4. The van der Waals surface area contributed by atoms with Crippen LogP contribution in [-0.2, 0) is 16.4 Å². The highest BCUT2D eigenvalue weighted by atomic mass is 35.5. The topological polar surface area (TPSA) is 75.7 Å². The molecule has 0 aromatic heterocycles. The highest BCUT2D eigenvalue weighted by molar-refractivity contribution is 7.92. The number of halogens is 2. The molecule has 0 radical (unpaired) electrons. The quantitative estimate of drug-likeness (QED) is 0.519. The first kappa shape index (κ1) is 22.5. The predicted molar refractivity (Wildman–Crippen MR) is 127 cm³/mol. The molecule has 1 aliphatic heterocycles. The number of carbonyl (C=O) groups excluding carboxylic acids is 1. The maximum Gasteiger partial charge on any atom is 0.264 e. The number of benzene rings is 3. The van der Waals surface area contributed by atoms with Crippen molar-refractivity contribution in [3.8, 4) is 5.75 Å². The van der Waals surface area contributed by atoms with Crippen LogP contribution in [0.15, 0.2) is 65.6 Å². The Bertz CT molecular complexity index is 1280. The standard InChI is InChI=1S/C23H20Cl2N2O4S/c1-31-18-7-9-19(10-8-18)32(29,30)27-12-2-3-15-4-6-17(14-22(15)27)26-23(28)16-5-11-20(24)21(25)13-16/h4-11,13-14H,2-3,12H2,1H3,(H,26,28). The van der Waals surface area contributed by atoms with Crippen LogP contribution in [0, 0.1) is 0 Å². The van der Waals surface area contributed by atoms with Gasteiger partial charge in [0.2, 0.25) is 0 Å². The molecule has 3 aromatic carbocycles. The van der Waals surface area contributed by atoms with Gasteiger partial charge < -0.3 is 10.1 Å². The Labute approximate surface area is 196 Å². The van der Waals surface area contributed by atoms with Crippen LogP contribution < -0.4 is 14.4 Å². The van der Waals surface area contributed by atoms with E-state index in [1.165, 1.54) is 29.6 Å².